The molecule has 1 amide bonds. The van der Waals surface area contributed by atoms with Gasteiger partial charge in [0.1, 0.15) is 0 Å². The first-order valence-corrected chi connectivity index (χ1v) is 10.3. The maximum atomic E-state index is 12.0. The van der Waals surface area contributed by atoms with Gasteiger partial charge in [-0.15, -0.1) is 0 Å². The second kappa shape index (κ2) is 9.76. The SMILES string of the molecule is CCCC(=O)N1CCC2(CCN(CCCCNC(C)C)CC2)CC1. The molecule has 24 heavy (non-hydrogen) atoms. The van der Waals surface area contributed by atoms with Gasteiger partial charge in [-0.05, 0) is 76.5 Å². The molecule has 140 valence electrons. The van der Waals surface area contributed by atoms with Crippen molar-refractivity contribution < 1.29 is 4.79 Å². The molecule has 0 aromatic rings. The molecule has 2 aliphatic rings. The summed E-state index contributed by atoms with van der Waals surface area (Å²) in [5.41, 5.74) is 0.540. The summed E-state index contributed by atoms with van der Waals surface area (Å²) in [5.74, 6) is 0.375. The number of hydrogen-bond acceptors (Lipinski definition) is 3. The molecular formula is C20H39N3O. The molecule has 2 fully saturated rings. The maximum Gasteiger partial charge on any atom is 0.222 e. The van der Waals surface area contributed by atoms with E-state index in [0.29, 0.717) is 17.4 Å². The van der Waals surface area contributed by atoms with Crippen LogP contribution >= 0.6 is 0 Å². The van der Waals surface area contributed by atoms with E-state index in [9.17, 15) is 4.79 Å². The second-order valence-corrected chi connectivity index (χ2v) is 8.29. The fourth-order valence-corrected chi connectivity index (χ4v) is 4.20. The number of carbonyl (C=O) groups excluding carboxylic acids is 1. The van der Waals surface area contributed by atoms with E-state index in [0.717, 1.165) is 32.5 Å². The molecule has 0 radical (unpaired) electrons. The number of nitrogens with one attached hydrogen (secondary N) is 1. The monoisotopic (exact) mass is 337 g/mol. The van der Waals surface area contributed by atoms with Gasteiger partial charge < -0.3 is 15.1 Å². The number of amides is 1. The number of piperidine rings is 2. The first-order chi connectivity index (χ1) is 11.5. The van der Waals surface area contributed by atoms with Crippen LogP contribution in [0.3, 0.4) is 0 Å². The zero-order valence-corrected chi connectivity index (χ0v) is 16.3. The molecule has 4 nitrogen and oxygen atoms in total. The number of nitrogens with zero attached hydrogens (tertiary/aromatic N) is 2. The van der Waals surface area contributed by atoms with Crippen LogP contribution in [0.2, 0.25) is 0 Å². The minimum absolute atomic E-state index is 0.375. The van der Waals surface area contributed by atoms with E-state index in [-0.39, 0.29) is 0 Å². The maximum absolute atomic E-state index is 12.0. The van der Waals surface area contributed by atoms with E-state index in [4.69, 9.17) is 0 Å². The van der Waals surface area contributed by atoms with Gasteiger partial charge in [-0.3, -0.25) is 4.79 Å². The predicted octanol–water partition coefficient (Wildman–Crippen LogP) is 3.27. The Kier molecular flexibility index (Phi) is 8.02. The third kappa shape index (κ3) is 6.03. The molecule has 2 rings (SSSR count). The van der Waals surface area contributed by atoms with Gasteiger partial charge in [0, 0.05) is 25.6 Å². The van der Waals surface area contributed by atoms with Crippen molar-refractivity contribution in [2.45, 2.75) is 78.2 Å². The van der Waals surface area contributed by atoms with Gasteiger partial charge in [0.05, 0.1) is 0 Å². The predicted molar refractivity (Wildman–Crippen MR) is 101 cm³/mol. The zero-order chi connectivity index (χ0) is 17.4. The zero-order valence-electron chi connectivity index (χ0n) is 16.3. The van der Waals surface area contributed by atoms with Crippen molar-refractivity contribution in [2.24, 2.45) is 5.41 Å². The van der Waals surface area contributed by atoms with Crippen LogP contribution in [0.4, 0.5) is 0 Å². The molecule has 0 saturated carbocycles. The Labute approximate surface area is 149 Å². The Hall–Kier alpha value is -0.610. The Morgan fingerprint density at radius 3 is 2.25 bits per heavy atom. The largest absolute Gasteiger partial charge is 0.343 e. The van der Waals surface area contributed by atoms with Gasteiger partial charge in [-0.25, -0.2) is 0 Å². The van der Waals surface area contributed by atoms with Crippen LogP contribution in [0.5, 0.6) is 0 Å². The highest BCUT2D eigenvalue weighted by Crippen LogP contribution is 2.41. The van der Waals surface area contributed by atoms with Gasteiger partial charge in [-0.1, -0.05) is 20.8 Å². The fraction of sp³-hybridized carbons (Fsp3) is 0.950. The molecule has 1 N–H and O–H groups in total. The van der Waals surface area contributed by atoms with Crippen molar-refractivity contribution in [3.63, 3.8) is 0 Å². The Balaban J connectivity index is 1.61. The lowest BCUT2D eigenvalue weighted by atomic mass is 9.71. The normalized spacial score (nSPS) is 21.6. The number of hydrogen-bond donors (Lipinski definition) is 1. The smallest absolute Gasteiger partial charge is 0.222 e. The first kappa shape index (κ1) is 19.7. The Bertz CT molecular complexity index is 365. The summed E-state index contributed by atoms with van der Waals surface area (Å²) >= 11 is 0. The molecule has 1 spiro atoms. The fourth-order valence-electron chi connectivity index (χ4n) is 4.20. The van der Waals surface area contributed by atoms with E-state index < -0.39 is 0 Å². The summed E-state index contributed by atoms with van der Waals surface area (Å²) in [6.45, 7) is 13.5. The summed E-state index contributed by atoms with van der Waals surface area (Å²) in [4.78, 5) is 16.8. The summed E-state index contributed by atoms with van der Waals surface area (Å²) < 4.78 is 0. The molecular weight excluding hydrogens is 298 g/mol. The molecule has 0 unspecified atom stereocenters. The quantitative estimate of drug-likeness (QED) is 0.691. The summed E-state index contributed by atoms with van der Waals surface area (Å²) in [6.07, 6.45) is 9.44. The van der Waals surface area contributed by atoms with Gasteiger partial charge in [0.15, 0.2) is 0 Å². The molecule has 2 aliphatic heterocycles. The van der Waals surface area contributed by atoms with E-state index in [1.165, 1.54) is 58.2 Å². The summed E-state index contributed by atoms with van der Waals surface area (Å²) in [7, 11) is 0. The van der Waals surface area contributed by atoms with Crippen LogP contribution in [0.25, 0.3) is 0 Å². The highest BCUT2D eigenvalue weighted by Gasteiger charge is 2.38. The highest BCUT2D eigenvalue weighted by atomic mass is 16.2. The van der Waals surface area contributed by atoms with Crippen molar-refractivity contribution in [1.29, 1.82) is 0 Å². The van der Waals surface area contributed by atoms with E-state index in [2.05, 4.69) is 35.9 Å². The minimum atomic E-state index is 0.375. The lowest BCUT2D eigenvalue weighted by Crippen LogP contribution is -2.48. The van der Waals surface area contributed by atoms with Crippen molar-refractivity contribution in [1.82, 2.24) is 15.1 Å². The molecule has 0 atom stereocenters. The van der Waals surface area contributed by atoms with Gasteiger partial charge in [0.25, 0.3) is 0 Å². The van der Waals surface area contributed by atoms with Crippen LogP contribution in [-0.2, 0) is 4.79 Å². The van der Waals surface area contributed by atoms with Crippen LogP contribution in [0.15, 0.2) is 0 Å². The van der Waals surface area contributed by atoms with Crippen molar-refractivity contribution in [3.8, 4) is 0 Å². The van der Waals surface area contributed by atoms with Crippen LogP contribution in [0, 0.1) is 5.41 Å². The number of unbranched alkanes of at least 4 members (excludes halogenated alkanes) is 1. The first-order valence-electron chi connectivity index (χ1n) is 10.3. The van der Waals surface area contributed by atoms with E-state index in [1.54, 1.807) is 0 Å². The van der Waals surface area contributed by atoms with Crippen LogP contribution in [0.1, 0.15) is 72.1 Å². The van der Waals surface area contributed by atoms with Gasteiger partial charge in [-0.2, -0.15) is 0 Å². The third-order valence-corrected chi connectivity index (χ3v) is 6.01. The average molecular weight is 338 g/mol. The van der Waals surface area contributed by atoms with Crippen LogP contribution in [-0.4, -0.2) is 61.0 Å². The van der Waals surface area contributed by atoms with Crippen molar-refractivity contribution >= 4 is 5.91 Å². The Morgan fingerprint density at radius 2 is 1.67 bits per heavy atom. The van der Waals surface area contributed by atoms with Gasteiger partial charge in [0.2, 0.25) is 5.91 Å². The standard InChI is InChI=1S/C20H39N3O/c1-4-7-19(24)23-16-10-20(11-17-23)8-14-22(15-9-20)13-6-5-12-21-18(2)3/h18,21H,4-17H2,1-3H3. The number of likely N-dealkylation sites (tertiary alicyclic amines) is 2. The molecule has 2 saturated heterocycles. The summed E-state index contributed by atoms with van der Waals surface area (Å²) in [5, 5.41) is 3.50. The molecule has 0 aromatic carbocycles. The average Bonchev–Trinajstić information content (AvgIpc) is 2.57. The molecule has 0 aliphatic carbocycles. The molecule has 4 heteroatoms. The van der Waals surface area contributed by atoms with Gasteiger partial charge >= 0.3 is 0 Å². The summed E-state index contributed by atoms with van der Waals surface area (Å²) in [6, 6.07) is 0.606. The topological polar surface area (TPSA) is 35.6 Å². The molecule has 2 heterocycles. The van der Waals surface area contributed by atoms with Crippen molar-refractivity contribution in [2.75, 3.05) is 39.3 Å². The molecule has 0 bridgehead atoms. The number of rotatable bonds is 8. The van der Waals surface area contributed by atoms with Crippen LogP contribution < -0.4 is 5.32 Å². The third-order valence-electron chi connectivity index (χ3n) is 6.01. The minimum Gasteiger partial charge on any atom is -0.343 e. The lowest BCUT2D eigenvalue weighted by Gasteiger charge is -2.47. The second-order valence-electron chi connectivity index (χ2n) is 8.29. The highest BCUT2D eigenvalue weighted by molar-refractivity contribution is 5.76. The Morgan fingerprint density at radius 1 is 1.04 bits per heavy atom. The lowest BCUT2D eigenvalue weighted by molar-refractivity contribution is -0.134. The van der Waals surface area contributed by atoms with Crippen molar-refractivity contribution in [3.05, 3.63) is 0 Å². The van der Waals surface area contributed by atoms with E-state index >= 15 is 0 Å². The molecule has 0 aromatic heterocycles. The van der Waals surface area contributed by atoms with E-state index in [1.807, 2.05) is 0 Å². The number of carbonyl (C=O) groups is 1.